The second-order valence-electron chi connectivity index (χ2n) is 3.52. The third-order valence-corrected chi connectivity index (χ3v) is 2.49. The first kappa shape index (κ1) is 13.5. The molecule has 0 atom stereocenters. The van der Waals surface area contributed by atoms with Gasteiger partial charge in [0, 0.05) is 19.6 Å². The van der Waals surface area contributed by atoms with Gasteiger partial charge in [0.2, 0.25) is 5.75 Å². The Morgan fingerprint density at radius 1 is 1.53 bits per heavy atom. The molecule has 0 aliphatic rings. The first-order valence-corrected chi connectivity index (χ1v) is 5.81. The van der Waals surface area contributed by atoms with E-state index in [1.165, 1.54) is 13.4 Å². The van der Waals surface area contributed by atoms with Crippen LogP contribution in [-0.2, 0) is 0 Å². The van der Waals surface area contributed by atoms with Gasteiger partial charge in [0.15, 0.2) is 5.82 Å². The number of aromatic nitrogens is 2. The van der Waals surface area contributed by atoms with Gasteiger partial charge in [0.25, 0.3) is 5.56 Å². The second kappa shape index (κ2) is 6.90. The van der Waals surface area contributed by atoms with Crippen molar-refractivity contribution >= 4 is 5.82 Å². The summed E-state index contributed by atoms with van der Waals surface area (Å²) >= 11 is 0. The lowest BCUT2D eigenvalue weighted by molar-refractivity contribution is 0.405. The summed E-state index contributed by atoms with van der Waals surface area (Å²) in [6, 6.07) is 0. The van der Waals surface area contributed by atoms with Crippen LogP contribution >= 0.6 is 0 Å². The number of nitrogens with one attached hydrogen (secondary N) is 2. The van der Waals surface area contributed by atoms with E-state index < -0.39 is 0 Å². The second-order valence-corrected chi connectivity index (χ2v) is 3.52. The maximum atomic E-state index is 11.6. The molecule has 1 aromatic heterocycles. The molecule has 0 spiro atoms. The van der Waals surface area contributed by atoms with Gasteiger partial charge in [-0.2, -0.15) is 0 Å². The zero-order valence-electron chi connectivity index (χ0n) is 10.6. The summed E-state index contributed by atoms with van der Waals surface area (Å²) in [5.41, 5.74) is -0.251. The summed E-state index contributed by atoms with van der Waals surface area (Å²) in [5, 5.41) is 3.24. The standard InChI is InChI=1S/C11H20N4O2/c1-4-12-6-7-15(5-2)10-9(17-3)11(16)14-8-13-10/h8,12H,4-7H2,1-3H3,(H,13,14,16). The number of methoxy groups -OCH3 is 1. The van der Waals surface area contributed by atoms with E-state index in [4.69, 9.17) is 4.74 Å². The average molecular weight is 240 g/mol. The first-order chi connectivity index (χ1) is 8.24. The van der Waals surface area contributed by atoms with Gasteiger partial charge in [-0.3, -0.25) is 4.79 Å². The first-order valence-electron chi connectivity index (χ1n) is 5.81. The van der Waals surface area contributed by atoms with E-state index in [9.17, 15) is 4.79 Å². The smallest absolute Gasteiger partial charge is 0.295 e. The highest BCUT2D eigenvalue weighted by molar-refractivity contribution is 5.50. The molecule has 2 N–H and O–H groups in total. The molecule has 6 nitrogen and oxygen atoms in total. The Morgan fingerprint density at radius 3 is 2.88 bits per heavy atom. The Balaban J connectivity index is 2.87. The predicted octanol–water partition coefficient (Wildman–Crippen LogP) is 0.214. The molecule has 96 valence electrons. The summed E-state index contributed by atoms with van der Waals surface area (Å²) in [4.78, 5) is 20.3. The van der Waals surface area contributed by atoms with E-state index in [2.05, 4.69) is 22.2 Å². The molecular weight excluding hydrogens is 220 g/mol. The number of nitrogens with zero attached hydrogens (tertiary/aromatic N) is 2. The molecule has 1 aromatic rings. The van der Waals surface area contributed by atoms with Crippen LogP contribution in [0, 0.1) is 0 Å². The summed E-state index contributed by atoms with van der Waals surface area (Å²) in [6.45, 7) is 7.42. The highest BCUT2D eigenvalue weighted by atomic mass is 16.5. The molecule has 17 heavy (non-hydrogen) atoms. The molecule has 1 rings (SSSR count). The van der Waals surface area contributed by atoms with Gasteiger partial charge in [-0.05, 0) is 13.5 Å². The van der Waals surface area contributed by atoms with E-state index in [1.54, 1.807) is 0 Å². The van der Waals surface area contributed by atoms with E-state index in [-0.39, 0.29) is 11.3 Å². The molecule has 0 saturated heterocycles. The number of hydrogen-bond donors (Lipinski definition) is 2. The number of rotatable bonds is 7. The molecule has 0 aromatic carbocycles. The Labute approximate surface area is 101 Å². The minimum Gasteiger partial charge on any atom is -0.489 e. The van der Waals surface area contributed by atoms with Crippen molar-refractivity contribution in [1.82, 2.24) is 15.3 Å². The summed E-state index contributed by atoms with van der Waals surface area (Å²) in [5.74, 6) is 0.863. The number of aromatic amines is 1. The third-order valence-electron chi connectivity index (χ3n) is 2.49. The van der Waals surface area contributed by atoms with Crippen molar-refractivity contribution in [3.63, 3.8) is 0 Å². The molecule has 0 amide bonds. The monoisotopic (exact) mass is 240 g/mol. The number of anilines is 1. The third kappa shape index (κ3) is 3.45. The van der Waals surface area contributed by atoms with Crippen LogP contribution in [0.5, 0.6) is 5.75 Å². The molecule has 0 aliphatic heterocycles. The predicted molar refractivity (Wildman–Crippen MR) is 67.8 cm³/mol. The largest absolute Gasteiger partial charge is 0.489 e. The maximum Gasteiger partial charge on any atom is 0.295 e. The van der Waals surface area contributed by atoms with Gasteiger partial charge < -0.3 is 19.9 Å². The normalized spacial score (nSPS) is 10.3. The van der Waals surface area contributed by atoms with Crippen LogP contribution in [0.4, 0.5) is 5.82 Å². The van der Waals surface area contributed by atoms with Crippen LogP contribution in [-0.4, -0.2) is 43.3 Å². The SMILES string of the molecule is CCNCCN(CC)c1nc[nH]c(=O)c1OC. The molecule has 0 radical (unpaired) electrons. The van der Waals surface area contributed by atoms with Gasteiger partial charge in [-0.15, -0.1) is 0 Å². The summed E-state index contributed by atoms with van der Waals surface area (Å²) in [7, 11) is 1.48. The molecule has 0 unspecified atom stereocenters. The van der Waals surface area contributed by atoms with Crippen molar-refractivity contribution in [2.45, 2.75) is 13.8 Å². The molecule has 0 bridgehead atoms. The van der Waals surface area contributed by atoms with E-state index in [1.807, 2.05) is 11.8 Å². The van der Waals surface area contributed by atoms with Gasteiger partial charge in [0.05, 0.1) is 13.4 Å². The molecule has 6 heteroatoms. The molecule has 1 heterocycles. The van der Waals surface area contributed by atoms with Crippen LogP contribution in [0.1, 0.15) is 13.8 Å². The van der Waals surface area contributed by atoms with E-state index in [0.717, 1.165) is 26.2 Å². The molecule has 0 aliphatic carbocycles. The van der Waals surface area contributed by atoms with Crippen LogP contribution in [0.2, 0.25) is 0 Å². The van der Waals surface area contributed by atoms with Crippen molar-refractivity contribution in [3.8, 4) is 5.75 Å². The van der Waals surface area contributed by atoms with Crippen molar-refractivity contribution < 1.29 is 4.74 Å². The zero-order chi connectivity index (χ0) is 12.7. The lowest BCUT2D eigenvalue weighted by Gasteiger charge is -2.23. The van der Waals surface area contributed by atoms with Crippen molar-refractivity contribution in [2.75, 3.05) is 38.2 Å². The van der Waals surface area contributed by atoms with Crippen molar-refractivity contribution in [1.29, 1.82) is 0 Å². The fourth-order valence-electron chi connectivity index (χ4n) is 1.59. The number of hydrogen-bond acceptors (Lipinski definition) is 5. The van der Waals surface area contributed by atoms with Crippen molar-refractivity contribution in [3.05, 3.63) is 16.7 Å². The number of H-pyrrole nitrogens is 1. The molecular formula is C11H20N4O2. The quantitative estimate of drug-likeness (QED) is 0.667. The Morgan fingerprint density at radius 2 is 2.29 bits per heavy atom. The number of ether oxygens (including phenoxy) is 1. The maximum absolute atomic E-state index is 11.6. The van der Waals surface area contributed by atoms with Crippen LogP contribution in [0.25, 0.3) is 0 Å². The van der Waals surface area contributed by atoms with Crippen molar-refractivity contribution in [2.24, 2.45) is 0 Å². The highest BCUT2D eigenvalue weighted by Gasteiger charge is 2.14. The topological polar surface area (TPSA) is 70.2 Å². The van der Waals surface area contributed by atoms with Gasteiger partial charge in [-0.25, -0.2) is 4.98 Å². The van der Waals surface area contributed by atoms with Gasteiger partial charge in [0.1, 0.15) is 0 Å². The van der Waals surface area contributed by atoms with Gasteiger partial charge in [-0.1, -0.05) is 6.92 Å². The van der Waals surface area contributed by atoms with E-state index >= 15 is 0 Å². The Hall–Kier alpha value is -1.56. The average Bonchev–Trinajstić information content (AvgIpc) is 2.34. The highest BCUT2D eigenvalue weighted by Crippen LogP contribution is 2.19. The van der Waals surface area contributed by atoms with Gasteiger partial charge >= 0.3 is 0 Å². The minimum absolute atomic E-state index is 0.251. The Bertz CT molecular complexity index is 391. The lowest BCUT2D eigenvalue weighted by Crippen LogP contribution is -2.33. The van der Waals surface area contributed by atoms with E-state index in [0.29, 0.717) is 5.82 Å². The van der Waals surface area contributed by atoms with Crippen LogP contribution in [0.15, 0.2) is 11.1 Å². The van der Waals surface area contributed by atoms with Crippen LogP contribution < -0.4 is 20.5 Å². The Kier molecular flexibility index (Phi) is 5.48. The lowest BCUT2D eigenvalue weighted by atomic mass is 10.4. The fourth-order valence-corrected chi connectivity index (χ4v) is 1.59. The zero-order valence-corrected chi connectivity index (χ0v) is 10.6. The summed E-state index contributed by atoms with van der Waals surface area (Å²) in [6.07, 6.45) is 1.40. The molecule has 0 fully saturated rings. The summed E-state index contributed by atoms with van der Waals surface area (Å²) < 4.78 is 5.10. The minimum atomic E-state index is -0.251. The van der Waals surface area contributed by atoms with Crippen LogP contribution in [0.3, 0.4) is 0 Å². The fraction of sp³-hybridized carbons (Fsp3) is 0.636. The number of likely N-dealkylation sites (N-methyl/N-ethyl adjacent to an activating group) is 2. The molecule has 0 saturated carbocycles.